The predicted octanol–water partition coefficient (Wildman–Crippen LogP) is 3.29. The van der Waals surface area contributed by atoms with Crippen molar-refractivity contribution in [2.75, 3.05) is 6.54 Å². The summed E-state index contributed by atoms with van der Waals surface area (Å²) >= 11 is 0. The number of rotatable bonds is 4. The topological polar surface area (TPSA) is 82.4 Å². The van der Waals surface area contributed by atoms with Gasteiger partial charge >= 0.3 is 5.97 Å². The Morgan fingerprint density at radius 2 is 2.28 bits per heavy atom. The highest BCUT2D eigenvalue weighted by atomic mass is 16.4. The second-order valence-corrected chi connectivity index (χ2v) is 7.05. The van der Waals surface area contributed by atoms with Gasteiger partial charge in [-0.1, -0.05) is 0 Å². The number of hydrogen-bond donors (Lipinski definition) is 2. The standard InChI is InChI=1S/C19H19N3O3/c23-19(24)12-3-4-16-14(7-12)15-10-22(6-5-17(15)21-16)9-13-8-20-18(25-13)11-1-2-11/h3-4,7-8,11,21H,1-2,5-6,9-10H2,(H,23,24). The molecule has 0 saturated heterocycles. The van der Waals surface area contributed by atoms with Gasteiger partial charge in [-0.15, -0.1) is 0 Å². The van der Waals surface area contributed by atoms with E-state index >= 15 is 0 Å². The number of fused-ring (bicyclic) bond motifs is 3. The van der Waals surface area contributed by atoms with E-state index in [1.807, 2.05) is 12.3 Å². The van der Waals surface area contributed by atoms with Crippen LogP contribution in [0, 0.1) is 0 Å². The first kappa shape index (κ1) is 14.7. The second-order valence-electron chi connectivity index (χ2n) is 7.05. The molecule has 0 bridgehead atoms. The first-order chi connectivity index (χ1) is 12.2. The lowest BCUT2D eigenvalue weighted by Crippen LogP contribution is -2.29. The number of aromatic nitrogens is 2. The third-order valence-corrected chi connectivity index (χ3v) is 5.18. The van der Waals surface area contributed by atoms with Gasteiger partial charge in [0, 0.05) is 42.0 Å². The van der Waals surface area contributed by atoms with E-state index in [0.29, 0.717) is 11.5 Å². The minimum absolute atomic E-state index is 0.329. The van der Waals surface area contributed by atoms with E-state index in [2.05, 4.69) is 14.9 Å². The van der Waals surface area contributed by atoms with Gasteiger partial charge in [-0.2, -0.15) is 0 Å². The highest BCUT2D eigenvalue weighted by molar-refractivity contribution is 5.95. The summed E-state index contributed by atoms with van der Waals surface area (Å²) in [5, 5.41) is 10.3. The summed E-state index contributed by atoms with van der Waals surface area (Å²) in [6.45, 7) is 2.48. The molecule has 6 heteroatoms. The number of carboxylic acids is 1. The van der Waals surface area contributed by atoms with Crippen LogP contribution in [-0.4, -0.2) is 32.5 Å². The number of H-pyrrole nitrogens is 1. The van der Waals surface area contributed by atoms with Gasteiger partial charge in [0.15, 0.2) is 5.89 Å². The molecule has 3 heterocycles. The molecule has 0 radical (unpaired) electrons. The number of oxazole rings is 1. The summed E-state index contributed by atoms with van der Waals surface area (Å²) in [7, 11) is 0. The van der Waals surface area contributed by atoms with E-state index in [1.54, 1.807) is 12.1 Å². The number of carboxylic acid groups (broad SMARTS) is 1. The molecule has 5 rings (SSSR count). The Morgan fingerprint density at radius 3 is 3.08 bits per heavy atom. The van der Waals surface area contributed by atoms with E-state index < -0.39 is 5.97 Å². The highest BCUT2D eigenvalue weighted by Crippen LogP contribution is 2.39. The van der Waals surface area contributed by atoms with Crippen LogP contribution in [0.25, 0.3) is 10.9 Å². The summed E-state index contributed by atoms with van der Waals surface area (Å²) in [6, 6.07) is 5.29. The molecule has 0 amide bonds. The van der Waals surface area contributed by atoms with Crippen LogP contribution >= 0.6 is 0 Å². The number of nitrogens with one attached hydrogen (secondary N) is 1. The molecule has 25 heavy (non-hydrogen) atoms. The maximum Gasteiger partial charge on any atom is 0.335 e. The van der Waals surface area contributed by atoms with Crippen LogP contribution in [-0.2, 0) is 19.5 Å². The molecule has 1 aromatic carbocycles. The van der Waals surface area contributed by atoms with Crippen molar-refractivity contribution in [2.24, 2.45) is 0 Å². The van der Waals surface area contributed by atoms with Gasteiger partial charge in [-0.25, -0.2) is 9.78 Å². The zero-order valence-corrected chi connectivity index (χ0v) is 13.8. The van der Waals surface area contributed by atoms with Crippen molar-refractivity contribution in [3.8, 4) is 0 Å². The van der Waals surface area contributed by atoms with Crippen LogP contribution in [0.3, 0.4) is 0 Å². The molecule has 2 N–H and O–H groups in total. The van der Waals surface area contributed by atoms with Crippen LogP contribution in [0.5, 0.6) is 0 Å². The molecule has 2 aromatic heterocycles. The minimum atomic E-state index is -0.890. The van der Waals surface area contributed by atoms with Crippen molar-refractivity contribution in [1.82, 2.24) is 14.9 Å². The fourth-order valence-electron chi connectivity index (χ4n) is 3.67. The molecular formula is C19H19N3O3. The molecule has 1 fully saturated rings. The monoisotopic (exact) mass is 337 g/mol. The van der Waals surface area contributed by atoms with Crippen molar-refractivity contribution in [3.05, 3.63) is 52.9 Å². The number of hydrogen-bond acceptors (Lipinski definition) is 4. The van der Waals surface area contributed by atoms with Crippen LogP contribution in [0.1, 0.15) is 52.0 Å². The molecule has 128 valence electrons. The fourth-order valence-corrected chi connectivity index (χ4v) is 3.67. The molecule has 3 aromatic rings. The van der Waals surface area contributed by atoms with E-state index in [9.17, 15) is 9.90 Å². The van der Waals surface area contributed by atoms with Gasteiger partial charge in [0.25, 0.3) is 0 Å². The Labute approximate surface area is 144 Å². The van der Waals surface area contributed by atoms with Crippen molar-refractivity contribution in [2.45, 2.75) is 38.3 Å². The summed E-state index contributed by atoms with van der Waals surface area (Å²) in [5.41, 5.74) is 3.75. The van der Waals surface area contributed by atoms with E-state index in [0.717, 1.165) is 48.6 Å². The number of aromatic carboxylic acids is 1. The Balaban J connectivity index is 1.41. The average Bonchev–Trinajstić information content (AvgIpc) is 3.25. The van der Waals surface area contributed by atoms with Gasteiger partial charge in [0.1, 0.15) is 5.76 Å². The molecule has 0 atom stereocenters. The zero-order chi connectivity index (χ0) is 17.0. The largest absolute Gasteiger partial charge is 0.478 e. The zero-order valence-electron chi connectivity index (χ0n) is 13.8. The summed E-state index contributed by atoms with van der Waals surface area (Å²) < 4.78 is 5.88. The van der Waals surface area contributed by atoms with Gasteiger partial charge in [-0.3, -0.25) is 4.90 Å². The first-order valence-corrected chi connectivity index (χ1v) is 8.71. The number of benzene rings is 1. The third kappa shape index (κ3) is 2.62. The fraction of sp³-hybridized carbons (Fsp3) is 0.368. The number of nitrogens with zero attached hydrogens (tertiary/aromatic N) is 2. The Kier molecular flexibility index (Phi) is 3.21. The molecule has 1 saturated carbocycles. The maximum atomic E-state index is 11.3. The van der Waals surface area contributed by atoms with Crippen LogP contribution in [0.2, 0.25) is 0 Å². The lowest BCUT2D eigenvalue weighted by atomic mass is 10.0. The van der Waals surface area contributed by atoms with Gasteiger partial charge < -0.3 is 14.5 Å². The van der Waals surface area contributed by atoms with E-state index in [4.69, 9.17) is 4.42 Å². The quantitative estimate of drug-likeness (QED) is 0.763. The SMILES string of the molecule is O=C(O)c1ccc2[nH]c3c(c2c1)CN(Cc1cnc(C2CC2)o1)CC3. The first-order valence-electron chi connectivity index (χ1n) is 8.71. The Morgan fingerprint density at radius 1 is 1.40 bits per heavy atom. The van der Waals surface area contributed by atoms with Crippen molar-refractivity contribution < 1.29 is 14.3 Å². The Hall–Kier alpha value is -2.60. The van der Waals surface area contributed by atoms with Crippen molar-refractivity contribution >= 4 is 16.9 Å². The summed E-state index contributed by atoms with van der Waals surface area (Å²) in [6.07, 6.45) is 5.15. The third-order valence-electron chi connectivity index (χ3n) is 5.18. The smallest absolute Gasteiger partial charge is 0.335 e. The maximum absolute atomic E-state index is 11.3. The second kappa shape index (κ2) is 5.46. The lowest BCUT2D eigenvalue weighted by Gasteiger charge is -2.26. The van der Waals surface area contributed by atoms with E-state index in [-0.39, 0.29) is 0 Å². The van der Waals surface area contributed by atoms with Crippen molar-refractivity contribution in [3.63, 3.8) is 0 Å². The highest BCUT2D eigenvalue weighted by Gasteiger charge is 2.29. The molecule has 1 aliphatic carbocycles. The van der Waals surface area contributed by atoms with Crippen LogP contribution in [0.15, 0.2) is 28.8 Å². The molecule has 0 spiro atoms. The molecular weight excluding hydrogens is 318 g/mol. The molecule has 1 aliphatic heterocycles. The lowest BCUT2D eigenvalue weighted by molar-refractivity contribution is 0.0697. The van der Waals surface area contributed by atoms with Crippen LogP contribution in [0.4, 0.5) is 0 Å². The van der Waals surface area contributed by atoms with Gasteiger partial charge in [0.2, 0.25) is 0 Å². The molecule has 2 aliphatic rings. The van der Waals surface area contributed by atoms with E-state index in [1.165, 1.54) is 24.1 Å². The predicted molar refractivity (Wildman–Crippen MR) is 91.6 cm³/mol. The molecule has 0 unspecified atom stereocenters. The normalized spacial score (nSPS) is 17.8. The van der Waals surface area contributed by atoms with Gasteiger partial charge in [0.05, 0.1) is 18.3 Å². The number of carbonyl (C=O) groups is 1. The molecule has 6 nitrogen and oxygen atoms in total. The summed E-state index contributed by atoms with van der Waals surface area (Å²) in [5.74, 6) is 1.44. The summed E-state index contributed by atoms with van der Waals surface area (Å²) in [4.78, 5) is 21.4. The average molecular weight is 337 g/mol. The van der Waals surface area contributed by atoms with Crippen LogP contribution < -0.4 is 0 Å². The Bertz CT molecular complexity index is 968. The van der Waals surface area contributed by atoms with Crippen molar-refractivity contribution in [1.29, 1.82) is 0 Å². The van der Waals surface area contributed by atoms with Gasteiger partial charge in [-0.05, 0) is 36.6 Å². The minimum Gasteiger partial charge on any atom is -0.478 e. The number of aromatic amines is 1.